The Hall–Kier alpha value is -2.89. The van der Waals surface area contributed by atoms with Crippen LogP contribution in [0.2, 0.25) is 0 Å². The van der Waals surface area contributed by atoms with E-state index in [1.54, 1.807) is 6.20 Å². The molecule has 0 aliphatic rings. The average molecular weight is 338 g/mol. The molecule has 2 heterocycles. The molecule has 130 valence electrons. The van der Waals surface area contributed by atoms with Crippen molar-refractivity contribution in [3.8, 4) is 0 Å². The van der Waals surface area contributed by atoms with Crippen LogP contribution >= 0.6 is 0 Å². The van der Waals surface area contributed by atoms with Gasteiger partial charge in [-0.3, -0.25) is 4.79 Å². The smallest absolute Gasteiger partial charge is 0.221 e. The molecule has 1 N–H and O–H groups in total. The second kappa shape index (κ2) is 7.34. The maximum absolute atomic E-state index is 12.6. The number of nitrogens with zero attached hydrogens (tertiary/aromatic N) is 3. The molecule has 3 rings (SSSR count). The van der Waals surface area contributed by atoms with Crippen molar-refractivity contribution < 1.29 is 9.32 Å². The molecule has 1 atom stereocenters. The van der Waals surface area contributed by atoms with Gasteiger partial charge in [-0.05, 0) is 25.8 Å². The van der Waals surface area contributed by atoms with Gasteiger partial charge in [0.25, 0.3) is 0 Å². The van der Waals surface area contributed by atoms with Gasteiger partial charge in [-0.2, -0.15) is 0 Å². The predicted molar refractivity (Wildman–Crippen MR) is 93.9 cm³/mol. The van der Waals surface area contributed by atoms with Gasteiger partial charge in [0.15, 0.2) is 0 Å². The van der Waals surface area contributed by atoms with Gasteiger partial charge < -0.3 is 14.4 Å². The minimum Gasteiger partial charge on any atom is -0.361 e. The van der Waals surface area contributed by atoms with E-state index in [-0.39, 0.29) is 11.9 Å². The summed E-state index contributed by atoms with van der Waals surface area (Å²) in [6.07, 6.45) is 4.59. The zero-order chi connectivity index (χ0) is 17.8. The second-order valence-electron chi connectivity index (χ2n) is 6.11. The summed E-state index contributed by atoms with van der Waals surface area (Å²) in [6.45, 7) is 3.76. The van der Waals surface area contributed by atoms with Crippen LogP contribution in [0.1, 0.15) is 40.9 Å². The van der Waals surface area contributed by atoms with Crippen molar-refractivity contribution >= 4 is 5.91 Å². The summed E-state index contributed by atoms with van der Waals surface area (Å²) in [6, 6.07) is 9.58. The van der Waals surface area contributed by atoms with E-state index < -0.39 is 0 Å². The third kappa shape index (κ3) is 3.79. The Morgan fingerprint density at radius 2 is 2.04 bits per heavy atom. The Balaban J connectivity index is 1.74. The summed E-state index contributed by atoms with van der Waals surface area (Å²) in [5, 5.41) is 7.04. The molecule has 3 aromatic rings. The average Bonchev–Trinajstić information content (AvgIpc) is 3.17. The Morgan fingerprint density at radius 3 is 2.64 bits per heavy atom. The van der Waals surface area contributed by atoms with Crippen LogP contribution in [0.3, 0.4) is 0 Å². The Kier molecular flexibility index (Phi) is 4.97. The van der Waals surface area contributed by atoms with Gasteiger partial charge in [-0.15, -0.1) is 0 Å². The third-order valence-corrected chi connectivity index (χ3v) is 4.34. The largest absolute Gasteiger partial charge is 0.361 e. The first-order valence-corrected chi connectivity index (χ1v) is 8.29. The van der Waals surface area contributed by atoms with Crippen molar-refractivity contribution in [2.24, 2.45) is 7.05 Å². The van der Waals surface area contributed by atoms with Crippen molar-refractivity contribution in [2.75, 3.05) is 0 Å². The lowest BCUT2D eigenvalue weighted by atomic mass is 10.0. The van der Waals surface area contributed by atoms with Crippen molar-refractivity contribution in [2.45, 2.75) is 32.7 Å². The number of amides is 1. The van der Waals surface area contributed by atoms with Crippen molar-refractivity contribution in [1.29, 1.82) is 0 Å². The summed E-state index contributed by atoms with van der Waals surface area (Å²) < 4.78 is 7.08. The first-order chi connectivity index (χ1) is 12.1. The molecular weight excluding hydrogens is 316 g/mol. The number of aryl methyl sites for hydroxylation is 3. The summed E-state index contributed by atoms with van der Waals surface area (Å²) in [7, 11) is 1.92. The van der Waals surface area contributed by atoms with Gasteiger partial charge in [0.2, 0.25) is 5.91 Å². The van der Waals surface area contributed by atoms with Crippen LogP contribution in [-0.2, 0) is 18.3 Å². The lowest BCUT2D eigenvalue weighted by Crippen LogP contribution is -2.31. The molecule has 1 aromatic carbocycles. The van der Waals surface area contributed by atoms with Crippen LogP contribution in [0.15, 0.2) is 47.2 Å². The topological polar surface area (TPSA) is 73.0 Å². The van der Waals surface area contributed by atoms with E-state index >= 15 is 0 Å². The molecule has 25 heavy (non-hydrogen) atoms. The van der Waals surface area contributed by atoms with E-state index in [1.807, 2.05) is 62.0 Å². The standard InChI is InChI=1S/C19H22N4O2/c1-13-16(14(2)25-22-13)9-10-17(24)21-18(15-7-5-4-6-8-15)19-20-11-12-23(19)3/h4-8,11-12,18H,9-10H2,1-3H3,(H,21,24)/t18-/m1/s1. The molecule has 2 aromatic heterocycles. The lowest BCUT2D eigenvalue weighted by molar-refractivity contribution is -0.121. The maximum Gasteiger partial charge on any atom is 0.221 e. The fourth-order valence-corrected chi connectivity index (χ4v) is 2.93. The molecule has 0 fully saturated rings. The van der Waals surface area contributed by atoms with Crippen LogP contribution in [0.4, 0.5) is 0 Å². The normalized spacial score (nSPS) is 12.1. The number of nitrogens with one attached hydrogen (secondary N) is 1. The molecule has 1 amide bonds. The number of imidazole rings is 1. The third-order valence-electron chi connectivity index (χ3n) is 4.34. The Bertz CT molecular complexity index is 832. The van der Waals surface area contributed by atoms with Crippen molar-refractivity contribution in [1.82, 2.24) is 20.0 Å². The highest BCUT2D eigenvalue weighted by atomic mass is 16.5. The monoisotopic (exact) mass is 338 g/mol. The Labute approximate surface area is 146 Å². The highest BCUT2D eigenvalue weighted by Crippen LogP contribution is 2.21. The lowest BCUT2D eigenvalue weighted by Gasteiger charge is -2.19. The minimum atomic E-state index is -0.279. The van der Waals surface area contributed by atoms with Gasteiger partial charge in [0.1, 0.15) is 17.6 Å². The first-order valence-electron chi connectivity index (χ1n) is 8.29. The van der Waals surface area contributed by atoms with E-state index in [0.29, 0.717) is 12.8 Å². The number of rotatable bonds is 6. The predicted octanol–water partition coefficient (Wildman–Crippen LogP) is 2.86. The number of carbonyl (C=O) groups excluding carboxylic acids is 1. The molecule has 0 spiro atoms. The zero-order valence-electron chi connectivity index (χ0n) is 14.7. The first kappa shape index (κ1) is 17.0. The SMILES string of the molecule is Cc1noc(C)c1CCC(=O)N[C@H](c1ccccc1)c1nccn1C. The quantitative estimate of drug-likeness (QED) is 0.750. The molecule has 0 saturated heterocycles. The molecule has 0 bridgehead atoms. The molecular formula is C19H22N4O2. The van der Waals surface area contributed by atoms with Crippen LogP contribution in [0, 0.1) is 13.8 Å². The molecule has 0 aliphatic heterocycles. The van der Waals surface area contributed by atoms with Gasteiger partial charge >= 0.3 is 0 Å². The van der Waals surface area contributed by atoms with Crippen LogP contribution in [0.5, 0.6) is 0 Å². The summed E-state index contributed by atoms with van der Waals surface area (Å²) in [5.41, 5.74) is 2.85. The van der Waals surface area contributed by atoms with Crippen molar-refractivity contribution in [3.05, 3.63) is 71.1 Å². The van der Waals surface area contributed by atoms with Gasteiger partial charge in [0.05, 0.1) is 5.69 Å². The van der Waals surface area contributed by atoms with Crippen molar-refractivity contribution in [3.63, 3.8) is 0 Å². The number of carbonyl (C=O) groups is 1. The molecule has 0 unspecified atom stereocenters. The number of hydrogen-bond donors (Lipinski definition) is 1. The van der Waals surface area contributed by atoms with E-state index in [2.05, 4.69) is 15.5 Å². The fraction of sp³-hybridized carbons (Fsp3) is 0.316. The highest BCUT2D eigenvalue weighted by Gasteiger charge is 2.21. The Morgan fingerprint density at radius 1 is 1.28 bits per heavy atom. The highest BCUT2D eigenvalue weighted by molar-refractivity contribution is 5.77. The second-order valence-corrected chi connectivity index (χ2v) is 6.11. The van der Waals surface area contributed by atoms with E-state index in [1.165, 1.54) is 0 Å². The molecule has 0 saturated carbocycles. The summed E-state index contributed by atoms with van der Waals surface area (Å²) in [4.78, 5) is 17.0. The molecule has 0 aliphatic carbocycles. The maximum atomic E-state index is 12.6. The molecule has 0 radical (unpaired) electrons. The summed E-state index contributed by atoms with van der Waals surface area (Å²) in [5.74, 6) is 1.54. The zero-order valence-corrected chi connectivity index (χ0v) is 14.7. The molecule has 6 heteroatoms. The van der Waals surface area contributed by atoms with Gasteiger partial charge in [-0.1, -0.05) is 35.5 Å². The van der Waals surface area contributed by atoms with E-state index in [4.69, 9.17) is 4.52 Å². The van der Waals surface area contributed by atoms with E-state index in [9.17, 15) is 4.79 Å². The van der Waals surface area contributed by atoms with Crippen LogP contribution in [0.25, 0.3) is 0 Å². The van der Waals surface area contributed by atoms with Gasteiger partial charge in [-0.25, -0.2) is 4.98 Å². The summed E-state index contributed by atoms with van der Waals surface area (Å²) >= 11 is 0. The number of aromatic nitrogens is 3. The number of hydrogen-bond acceptors (Lipinski definition) is 4. The van der Waals surface area contributed by atoms with Gasteiger partial charge in [0, 0.05) is 31.4 Å². The van der Waals surface area contributed by atoms with Crippen LogP contribution in [-0.4, -0.2) is 20.6 Å². The van der Waals surface area contributed by atoms with E-state index in [0.717, 1.165) is 28.4 Å². The number of benzene rings is 1. The fourth-order valence-electron chi connectivity index (χ4n) is 2.93. The molecule has 6 nitrogen and oxygen atoms in total. The minimum absolute atomic E-state index is 0.0307. The van der Waals surface area contributed by atoms with Crippen LogP contribution < -0.4 is 5.32 Å².